The van der Waals surface area contributed by atoms with Crippen molar-refractivity contribution < 1.29 is 19.1 Å². The molecule has 0 aromatic carbocycles. The van der Waals surface area contributed by atoms with E-state index in [0.717, 1.165) is 64.5 Å². The average molecular weight is 551 g/mol. The number of esters is 2. The molecule has 0 atom stereocenters. The lowest BCUT2D eigenvalue weighted by molar-refractivity contribution is -0.189. The number of nitrogens with zero attached hydrogens (tertiary/aromatic N) is 2. The Labute approximate surface area is 240 Å². The Morgan fingerprint density at radius 3 is 1.13 bits per heavy atom. The summed E-state index contributed by atoms with van der Waals surface area (Å²) in [5, 5.41) is 0. The fourth-order valence-electron chi connectivity index (χ4n) is 7.90. The number of carbonyl (C=O) groups is 2. The molecule has 2 heterocycles. The SMILES string of the molecule is CCCCN1C(C)(C)CC(OC(=O)C(CC)(CC)C(=O)OC2CC(C)(C)N(CCCC)C(C)(C)C2)CC1(C)C. The molecule has 2 aliphatic rings. The Hall–Kier alpha value is -1.14. The fourth-order valence-corrected chi connectivity index (χ4v) is 7.90. The molecule has 0 aromatic heterocycles. The Kier molecular flexibility index (Phi) is 11.2. The Morgan fingerprint density at radius 2 is 0.897 bits per heavy atom. The highest BCUT2D eigenvalue weighted by atomic mass is 16.6. The first kappa shape index (κ1) is 34.1. The number of rotatable bonds is 12. The summed E-state index contributed by atoms with van der Waals surface area (Å²) in [6.07, 6.45) is 8.02. The summed E-state index contributed by atoms with van der Waals surface area (Å²) in [5.74, 6) is -0.815. The molecule has 2 fully saturated rings. The second-order valence-electron chi connectivity index (χ2n) is 14.9. The van der Waals surface area contributed by atoms with Gasteiger partial charge in [-0.1, -0.05) is 40.5 Å². The molecule has 228 valence electrons. The highest BCUT2D eigenvalue weighted by molar-refractivity contribution is 6.00. The maximum Gasteiger partial charge on any atom is 0.323 e. The van der Waals surface area contributed by atoms with Crippen molar-refractivity contribution in [3.63, 3.8) is 0 Å². The first-order chi connectivity index (χ1) is 17.9. The van der Waals surface area contributed by atoms with Crippen LogP contribution in [-0.2, 0) is 19.1 Å². The molecular weight excluding hydrogens is 488 g/mol. The van der Waals surface area contributed by atoms with Crippen LogP contribution in [-0.4, -0.2) is 69.2 Å². The zero-order valence-corrected chi connectivity index (χ0v) is 27.7. The molecule has 2 saturated heterocycles. The summed E-state index contributed by atoms with van der Waals surface area (Å²) in [4.78, 5) is 32.8. The van der Waals surface area contributed by atoms with E-state index in [4.69, 9.17) is 9.47 Å². The Balaban J connectivity index is 2.18. The standard InChI is InChI=1S/C33H62N2O4/c1-13-17-19-34-29(5,6)21-25(22-30(34,7)8)38-27(36)33(15-3,16-4)28(37)39-26-23-31(9,10)35(20-18-14-2)32(11,12)24-26/h25-26H,13-24H2,1-12H3. The van der Waals surface area contributed by atoms with Crippen molar-refractivity contribution in [2.75, 3.05) is 13.1 Å². The number of carbonyl (C=O) groups excluding carboxylic acids is 2. The summed E-state index contributed by atoms with van der Waals surface area (Å²) in [5.41, 5.74) is -1.63. The zero-order chi connectivity index (χ0) is 29.9. The van der Waals surface area contributed by atoms with Crippen LogP contribution in [0.25, 0.3) is 0 Å². The van der Waals surface area contributed by atoms with E-state index >= 15 is 0 Å². The van der Waals surface area contributed by atoms with Crippen molar-refractivity contribution in [3.8, 4) is 0 Å². The van der Waals surface area contributed by atoms with Crippen molar-refractivity contribution >= 4 is 11.9 Å². The van der Waals surface area contributed by atoms with Crippen LogP contribution < -0.4 is 0 Å². The van der Waals surface area contributed by atoms with Gasteiger partial charge in [0, 0.05) is 47.8 Å². The van der Waals surface area contributed by atoms with Gasteiger partial charge in [-0.3, -0.25) is 19.4 Å². The van der Waals surface area contributed by atoms with Gasteiger partial charge in [0.05, 0.1) is 0 Å². The van der Waals surface area contributed by atoms with E-state index in [0.29, 0.717) is 12.8 Å². The maximum absolute atomic E-state index is 13.8. The first-order valence-corrected chi connectivity index (χ1v) is 15.9. The lowest BCUT2D eigenvalue weighted by atomic mass is 9.77. The van der Waals surface area contributed by atoms with Crippen molar-refractivity contribution in [2.45, 2.75) is 182 Å². The third kappa shape index (κ3) is 7.58. The minimum Gasteiger partial charge on any atom is -0.461 e. The number of unbranched alkanes of at least 4 members (excludes halogenated alkanes) is 2. The molecule has 6 nitrogen and oxygen atoms in total. The molecule has 0 unspecified atom stereocenters. The molecule has 0 spiro atoms. The van der Waals surface area contributed by atoms with Crippen LogP contribution >= 0.6 is 0 Å². The largest absolute Gasteiger partial charge is 0.461 e. The second kappa shape index (κ2) is 12.8. The molecule has 39 heavy (non-hydrogen) atoms. The van der Waals surface area contributed by atoms with Crippen LogP contribution in [0.5, 0.6) is 0 Å². The van der Waals surface area contributed by atoms with E-state index in [1.807, 2.05) is 13.8 Å². The summed E-state index contributed by atoms with van der Waals surface area (Å²) < 4.78 is 12.5. The zero-order valence-electron chi connectivity index (χ0n) is 27.7. The third-order valence-corrected chi connectivity index (χ3v) is 9.84. The van der Waals surface area contributed by atoms with E-state index in [-0.39, 0.29) is 34.4 Å². The van der Waals surface area contributed by atoms with Gasteiger partial charge in [-0.25, -0.2) is 0 Å². The van der Waals surface area contributed by atoms with Gasteiger partial charge in [-0.15, -0.1) is 0 Å². The molecule has 0 aliphatic carbocycles. The number of ether oxygens (including phenoxy) is 2. The molecule has 6 heteroatoms. The number of likely N-dealkylation sites (tertiary alicyclic amines) is 2. The smallest absolute Gasteiger partial charge is 0.323 e. The van der Waals surface area contributed by atoms with E-state index < -0.39 is 17.4 Å². The van der Waals surface area contributed by atoms with Crippen LogP contribution in [0.2, 0.25) is 0 Å². The van der Waals surface area contributed by atoms with E-state index in [1.165, 1.54) is 0 Å². The van der Waals surface area contributed by atoms with Crippen molar-refractivity contribution in [3.05, 3.63) is 0 Å². The summed E-state index contributed by atoms with van der Waals surface area (Å²) in [6, 6.07) is 0. The van der Waals surface area contributed by atoms with Crippen LogP contribution in [0, 0.1) is 5.41 Å². The molecule has 2 aliphatic heterocycles. The van der Waals surface area contributed by atoms with Crippen LogP contribution in [0.1, 0.15) is 147 Å². The molecular formula is C33H62N2O4. The van der Waals surface area contributed by atoms with E-state index in [1.54, 1.807) is 0 Å². The van der Waals surface area contributed by atoms with Gasteiger partial charge in [-0.05, 0) is 94.2 Å². The van der Waals surface area contributed by atoms with Gasteiger partial charge in [0.25, 0.3) is 0 Å². The lowest BCUT2D eigenvalue weighted by Crippen LogP contribution is -2.63. The maximum atomic E-state index is 13.8. The molecule has 0 amide bonds. The summed E-state index contributed by atoms with van der Waals surface area (Å²) >= 11 is 0. The van der Waals surface area contributed by atoms with Crippen molar-refractivity contribution in [2.24, 2.45) is 5.41 Å². The molecule has 0 bridgehead atoms. The third-order valence-electron chi connectivity index (χ3n) is 9.84. The number of hydrogen-bond acceptors (Lipinski definition) is 6. The molecule has 0 aromatic rings. The lowest BCUT2D eigenvalue weighted by Gasteiger charge is -2.55. The van der Waals surface area contributed by atoms with Crippen LogP contribution in [0.4, 0.5) is 0 Å². The topological polar surface area (TPSA) is 59.1 Å². The molecule has 0 N–H and O–H groups in total. The van der Waals surface area contributed by atoms with E-state index in [2.05, 4.69) is 79.0 Å². The van der Waals surface area contributed by atoms with E-state index in [9.17, 15) is 9.59 Å². The van der Waals surface area contributed by atoms with Gasteiger partial charge >= 0.3 is 11.9 Å². The monoisotopic (exact) mass is 550 g/mol. The Bertz CT molecular complexity index is 728. The van der Waals surface area contributed by atoms with Crippen LogP contribution in [0.3, 0.4) is 0 Å². The van der Waals surface area contributed by atoms with Crippen molar-refractivity contribution in [1.82, 2.24) is 9.80 Å². The van der Waals surface area contributed by atoms with Gasteiger partial charge in [-0.2, -0.15) is 0 Å². The fraction of sp³-hybridized carbons (Fsp3) is 0.939. The predicted octanol–water partition coefficient (Wildman–Crippen LogP) is 7.52. The summed E-state index contributed by atoms with van der Waals surface area (Å²) in [7, 11) is 0. The van der Waals surface area contributed by atoms with Gasteiger partial charge in [0.15, 0.2) is 5.41 Å². The first-order valence-electron chi connectivity index (χ1n) is 15.9. The van der Waals surface area contributed by atoms with Gasteiger partial charge in [0.2, 0.25) is 0 Å². The Morgan fingerprint density at radius 1 is 0.615 bits per heavy atom. The predicted molar refractivity (Wildman–Crippen MR) is 161 cm³/mol. The number of hydrogen-bond donors (Lipinski definition) is 0. The minimum absolute atomic E-state index is 0.0909. The number of piperidine rings is 2. The van der Waals surface area contributed by atoms with Gasteiger partial charge in [0.1, 0.15) is 12.2 Å². The van der Waals surface area contributed by atoms with Crippen molar-refractivity contribution in [1.29, 1.82) is 0 Å². The minimum atomic E-state index is -1.26. The molecule has 0 saturated carbocycles. The average Bonchev–Trinajstić information content (AvgIpc) is 2.77. The molecule has 0 radical (unpaired) electrons. The second-order valence-corrected chi connectivity index (χ2v) is 14.9. The highest BCUT2D eigenvalue weighted by Crippen LogP contribution is 2.43. The summed E-state index contributed by atoms with van der Waals surface area (Å²) in [6.45, 7) is 28.4. The highest BCUT2D eigenvalue weighted by Gasteiger charge is 2.52. The quantitative estimate of drug-likeness (QED) is 0.185. The van der Waals surface area contributed by atoms with Gasteiger partial charge < -0.3 is 9.47 Å². The molecule has 2 rings (SSSR count). The van der Waals surface area contributed by atoms with Crippen LogP contribution in [0.15, 0.2) is 0 Å². The normalized spacial score (nSPS) is 23.9.